The molecule has 1 heterocycles. The molecule has 6 heavy (non-hydrogen) atoms. The molecule has 0 fully saturated rings. The zero-order chi connectivity index (χ0) is 4.41. The molecule has 0 N–H and O–H groups in total. The maximum Gasteiger partial charge on any atom is 0.133 e. The molecule has 33 valence electrons. The second-order valence-corrected chi connectivity index (χ2v) is 1.26. The van der Waals surface area contributed by atoms with Crippen molar-refractivity contribution in [3.8, 4) is 0 Å². The fourth-order valence-electron chi connectivity index (χ4n) is 0.323. The Hall–Kier alpha value is -0.530. The van der Waals surface area contributed by atoms with Gasteiger partial charge in [-0.25, -0.2) is 0 Å². The maximum atomic E-state index is 4.67. The molecule has 0 aromatic rings. The Morgan fingerprint density at radius 2 is 2.67 bits per heavy atom. The monoisotopic (exact) mass is 84.0 g/mol. The Morgan fingerprint density at radius 3 is 2.83 bits per heavy atom. The molecule has 1 atom stereocenters. The van der Waals surface area contributed by atoms with E-state index in [4.69, 9.17) is 0 Å². The summed E-state index contributed by atoms with van der Waals surface area (Å²) in [5.41, 5.74) is 0. The molecule has 1 unspecified atom stereocenters. The first kappa shape index (κ1) is 3.65. The van der Waals surface area contributed by atoms with E-state index in [0.29, 0.717) is 0 Å². The molecule has 0 saturated carbocycles. The molecular formula is C4H6NO. The van der Waals surface area contributed by atoms with Gasteiger partial charge in [-0.15, -0.1) is 0 Å². The highest BCUT2D eigenvalue weighted by Gasteiger charge is 2.03. The van der Waals surface area contributed by atoms with E-state index in [1.807, 2.05) is 13.3 Å². The van der Waals surface area contributed by atoms with E-state index in [1.54, 1.807) is 6.21 Å². The fourth-order valence-corrected chi connectivity index (χ4v) is 0.323. The van der Waals surface area contributed by atoms with Crippen LogP contribution in [0.5, 0.6) is 0 Å². The van der Waals surface area contributed by atoms with Crippen LogP contribution in [0.2, 0.25) is 0 Å². The van der Waals surface area contributed by atoms with E-state index < -0.39 is 0 Å². The van der Waals surface area contributed by atoms with Crippen molar-refractivity contribution in [1.82, 2.24) is 0 Å². The number of hydrogen-bond acceptors (Lipinski definition) is 2. The average Bonchev–Trinajstić information content (AvgIpc) is 1.86. The first-order valence-corrected chi connectivity index (χ1v) is 1.92. The van der Waals surface area contributed by atoms with Gasteiger partial charge < -0.3 is 4.84 Å². The van der Waals surface area contributed by atoms with Crippen molar-refractivity contribution >= 4 is 6.21 Å². The normalized spacial score (nSPS) is 30.5. The molecule has 2 nitrogen and oxygen atoms in total. The number of hydrogen-bond donors (Lipinski definition) is 0. The van der Waals surface area contributed by atoms with E-state index in [-0.39, 0.29) is 6.10 Å². The minimum Gasteiger partial charge on any atom is -0.392 e. The van der Waals surface area contributed by atoms with Crippen LogP contribution in [0.3, 0.4) is 0 Å². The Labute approximate surface area is 36.8 Å². The summed E-state index contributed by atoms with van der Waals surface area (Å²) in [6, 6.07) is 0. The number of rotatable bonds is 0. The second-order valence-electron chi connectivity index (χ2n) is 1.26. The predicted octanol–water partition coefficient (Wildman–Crippen LogP) is 0.595. The van der Waals surface area contributed by atoms with Crippen LogP contribution in [0.4, 0.5) is 0 Å². The maximum absolute atomic E-state index is 4.67. The number of nitrogens with zero attached hydrogens (tertiary/aromatic N) is 1. The third-order valence-corrected chi connectivity index (χ3v) is 0.645. The quantitative estimate of drug-likeness (QED) is 0.421. The van der Waals surface area contributed by atoms with Gasteiger partial charge in [0.25, 0.3) is 0 Å². The molecule has 0 aliphatic carbocycles. The summed E-state index contributed by atoms with van der Waals surface area (Å²) < 4.78 is 0. The van der Waals surface area contributed by atoms with Gasteiger partial charge in [0.2, 0.25) is 0 Å². The molecule has 0 saturated heterocycles. The Morgan fingerprint density at radius 1 is 1.83 bits per heavy atom. The van der Waals surface area contributed by atoms with E-state index >= 15 is 0 Å². The highest BCUT2D eigenvalue weighted by molar-refractivity contribution is 5.69. The standard InChI is InChI=1S/C4H6NO/c1-4-2-3-5-6-4/h2-4H,1H3. The van der Waals surface area contributed by atoms with Crippen molar-refractivity contribution in [1.29, 1.82) is 0 Å². The van der Waals surface area contributed by atoms with Crippen LogP contribution < -0.4 is 0 Å². The summed E-state index contributed by atoms with van der Waals surface area (Å²) >= 11 is 0. The summed E-state index contributed by atoms with van der Waals surface area (Å²) in [6.07, 6.45) is 3.75. The van der Waals surface area contributed by atoms with Crippen molar-refractivity contribution in [3.05, 3.63) is 6.42 Å². The van der Waals surface area contributed by atoms with E-state index in [9.17, 15) is 0 Å². The topological polar surface area (TPSA) is 21.6 Å². The van der Waals surface area contributed by atoms with Gasteiger partial charge in [0, 0.05) is 6.42 Å². The van der Waals surface area contributed by atoms with Crippen LogP contribution in [0, 0.1) is 6.42 Å². The van der Waals surface area contributed by atoms with Crippen molar-refractivity contribution < 1.29 is 4.84 Å². The first-order chi connectivity index (χ1) is 2.89. The molecule has 0 aromatic carbocycles. The second kappa shape index (κ2) is 1.29. The predicted molar refractivity (Wildman–Crippen MR) is 23.3 cm³/mol. The highest BCUT2D eigenvalue weighted by atomic mass is 16.6. The van der Waals surface area contributed by atoms with Gasteiger partial charge in [0.15, 0.2) is 0 Å². The smallest absolute Gasteiger partial charge is 0.133 e. The van der Waals surface area contributed by atoms with Crippen molar-refractivity contribution in [3.63, 3.8) is 0 Å². The molecule has 1 aliphatic heterocycles. The lowest BCUT2D eigenvalue weighted by atomic mass is 10.3. The minimum absolute atomic E-state index is 0.199. The largest absolute Gasteiger partial charge is 0.392 e. The molecule has 0 aromatic heterocycles. The van der Waals surface area contributed by atoms with Crippen molar-refractivity contribution in [2.75, 3.05) is 0 Å². The van der Waals surface area contributed by atoms with Crippen LogP contribution in [0.25, 0.3) is 0 Å². The summed E-state index contributed by atoms with van der Waals surface area (Å²) in [5, 5.41) is 3.48. The Bertz CT molecular complexity index is 61.9. The van der Waals surface area contributed by atoms with Crippen LogP contribution in [0.15, 0.2) is 5.16 Å². The molecule has 2 heteroatoms. The average molecular weight is 84.1 g/mol. The third-order valence-electron chi connectivity index (χ3n) is 0.645. The summed E-state index contributed by atoms with van der Waals surface area (Å²) in [6.45, 7) is 1.94. The molecule has 1 radical (unpaired) electrons. The minimum atomic E-state index is 0.199. The Kier molecular flexibility index (Phi) is 0.783. The molecule has 0 amide bonds. The molecular weight excluding hydrogens is 78.0 g/mol. The zero-order valence-electron chi connectivity index (χ0n) is 3.59. The van der Waals surface area contributed by atoms with Crippen LogP contribution in [-0.2, 0) is 4.84 Å². The van der Waals surface area contributed by atoms with E-state index in [0.717, 1.165) is 0 Å². The SMILES string of the molecule is CC1[CH]C=NO1. The zero-order valence-corrected chi connectivity index (χ0v) is 3.59. The third kappa shape index (κ3) is 0.506. The van der Waals surface area contributed by atoms with Crippen molar-refractivity contribution in [2.24, 2.45) is 5.16 Å². The Balaban J connectivity index is 2.32. The summed E-state index contributed by atoms with van der Waals surface area (Å²) in [4.78, 5) is 4.67. The molecule has 0 bridgehead atoms. The lowest BCUT2D eigenvalue weighted by molar-refractivity contribution is 0.116. The van der Waals surface area contributed by atoms with Gasteiger partial charge in [0.1, 0.15) is 6.10 Å². The van der Waals surface area contributed by atoms with Crippen LogP contribution in [-0.4, -0.2) is 12.3 Å². The van der Waals surface area contributed by atoms with Gasteiger partial charge in [-0.05, 0) is 6.92 Å². The molecule has 1 aliphatic rings. The lowest BCUT2D eigenvalue weighted by Crippen LogP contribution is -1.95. The summed E-state index contributed by atoms with van der Waals surface area (Å²) in [5.74, 6) is 0. The number of oxime groups is 1. The van der Waals surface area contributed by atoms with Crippen molar-refractivity contribution in [2.45, 2.75) is 13.0 Å². The first-order valence-electron chi connectivity index (χ1n) is 1.92. The fraction of sp³-hybridized carbons (Fsp3) is 0.500. The van der Waals surface area contributed by atoms with Crippen LogP contribution >= 0.6 is 0 Å². The lowest BCUT2D eigenvalue weighted by Gasteiger charge is -1.92. The van der Waals surface area contributed by atoms with E-state index in [2.05, 4.69) is 9.99 Å². The molecule has 1 rings (SSSR count). The highest BCUT2D eigenvalue weighted by Crippen LogP contribution is 1.99. The molecule has 0 spiro atoms. The summed E-state index contributed by atoms with van der Waals surface area (Å²) in [7, 11) is 0. The van der Waals surface area contributed by atoms with Gasteiger partial charge >= 0.3 is 0 Å². The van der Waals surface area contributed by atoms with Gasteiger partial charge in [-0.2, -0.15) is 0 Å². The van der Waals surface area contributed by atoms with Gasteiger partial charge in [0.05, 0.1) is 6.21 Å². The van der Waals surface area contributed by atoms with Crippen LogP contribution in [0.1, 0.15) is 6.92 Å². The van der Waals surface area contributed by atoms with Gasteiger partial charge in [-0.3, -0.25) is 0 Å². The van der Waals surface area contributed by atoms with Gasteiger partial charge in [-0.1, -0.05) is 5.16 Å². The van der Waals surface area contributed by atoms with E-state index in [1.165, 1.54) is 0 Å².